The second-order valence-corrected chi connectivity index (χ2v) is 3.28. The minimum Gasteiger partial charge on any atom is -0.478 e. The van der Waals surface area contributed by atoms with Crippen molar-refractivity contribution in [2.24, 2.45) is 0 Å². The lowest BCUT2D eigenvalue weighted by atomic mass is 10.3. The first kappa shape index (κ1) is 13.4. The summed E-state index contributed by atoms with van der Waals surface area (Å²) in [6.07, 6.45) is 2.85. The molecule has 0 fully saturated rings. The Balaban J connectivity index is 0.00000144. The molecule has 7 heteroatoms. The minimum atomic E-state index is -1.18. The van der Waals surface area contributed by atoms with Gasteiger partial charge in [-0.25, -0.2) is 14.2 Å². The Bertz CT molecular complexity index is 556. The van der Waals surface area contributed by atoms with Crippen molar-refractivity contribution in [2.45, 2.75) is 6.61 Å². The molecule has 0 radical (unpaired) electrons. The van der Waals surface area contributed by atoms with Crippen LogP contribution in [0.1, 0.15) is 16.1 Å². The Morgan fingerprint density at radius 2 is 2.29 bits per heavy atom. The van der Waals surface area contributed by atoms with Crippen LogP contribution in [-0.4, -0.2) is 27.6 Å². The zero-order valence-electron chi connectivity index (χ0n) is 8.88. The van der Waals surface area contributed by atoms with E-state index >= 15 is 0 Å². The van der Waals surface area contributed by atoms with Crippen LogP contribution in [0.5, 0.6) is 0 Å². The zero-order valence-corrected chi connectivity index (χ0v) is 9.70. The molecule has 0 aromatic carbocycles. The number of pyridine rings is 1. The molecule has 0 spiro atoms. The molecule has 0 amide bonds. The van der Waals surface area contributed by atoms with Crippen molar-refractivity contribution in [2.75, 3.05) is 7.11 Å². The van der Waals surface area contributed by atoms with Crippen molar-refractivity contribution in [1.29, 1.82) is 0 Å². The molecule has 0 saturated heterocycles. The van der Waals surface area contributed by atoms with Crippen molar-refractivity contribution < 1.29 is 19.0 Å². The van der Waals surface area contributed by atoms with Gasteiger partial charge in [0.1, 0.15) is 0 Å². The molecule has 2 heterocycles. The number of carboxylic acids is 1. The van der Waals surface area contributed by atoms with Crippen LogP contribution in [0.25, 0.3) is 5.65 Å². The van der Waals surface area contributed by atoms with Gasteiger partial charge in [0.05, 0.1) is 17.9 Å². The fourth-order valence-electron chi connectivity index (χ4n) is 1.44. The Morgan fingerprint density at radius 3 is 2.88 bits per heavy atom. The summed E-state index contributed by atoms with van der Waals surface area (Å²) in [4.78, 5) is 14.7. The summed E-state index contributed by atoms with van der Waals surface area (Å²) in [6, 6.07) is 0.946. The molecule has 1 N–H and O–H groups in total. The number of methoxy groups -OCH3 is 1. The average molecular weight is 261 g/mol. The second kappa shape index (κ2) is 5.11. The van der Waals surface area contributed by atoms with Gasteiger partial charge in [-0.15, -0.1) is 12.4 Å². The zero-order chi connectivity index (χ0) is 11.7. The first-order valence-electron chi connectivity index (χ1n) is 4.51. The highest BCUT2D eigenvalue weighted by atomic mass is 35.5. The summed E-state index contributed by atoms with van der Waals surface area (Å²) in [7, 11) is 1.50. The Kier molecular flexibility index (Phi) is 4.03. The number of aromatic nitrogens is 2. The maximum absolute atomic E-state index is 13.5. The van der Waals surface area contributed by atoms with E-state index in [1.165, 1.54) is 23.9 Å². The largest absolute Gasteiger partial charge is 0.478 e. The van der Waals surface area contributed by atoms with E-state index < -0.39 is 11.8 Å². The molecule has 0 aliphatic rings. The molecule has 2 rings (SSSR count). The van der Waals surface area contributed by atoms with Crippen LogP contribution in [0.4, 0.5) is 4.39 Å². The summed E-state index contributed by atoms with van der Waals surface area (Å²) in [6.45, 7) is 0.253. The van der Waals surface area contributed by atoms with Crippen LogP contribution in [0, 0.1) is 5.82 Å². The fourth-order valence-corrected chi connectivity index (χ4v) is 1.44. The maximum Gasteiger partial charge on any atom is 0.337 e. The molecule has 17 heavy (non-hydrogen) atoms. The third-order valence-corrected chi connectivity index (χ3v) is 2.10. The molecule has 2 aromatic heterocycles. The van der Waals surface area contributed by atoms with Gasteiger partial charge in [-0.05, 0) is 6.07 Å². The monoisotopic (exact) mass is 260 g/mol. The summed E-state index contributed by atoms with van der Waals surface area (Å²) >= 11 is 0. The van der Waals surface area contributed by atoms with Crippen LogP contribution in [0.3, 0.4) is 0 Å². The number of hydrogen-bond acceptors (Lipinski definition) is 3. The predicted octanol–water partition coefficient (Wildman–Crippen LogP) is 1.74. The van der Waals surface area contributed by atoms with Crippen molar-refractivity contribution >= 4 is 24.0 Å². The van der Waals surface area contributed by atoms with E-state index in [0.717, 1.165) is 6.07 Å². The Hall–Kier alpha value is -1.66. The van der Waals surface area contributed by atoms with E-state index in [0.29, 0.717) is 5.69 Å². The van der Waals surface area contributed by atoms with Gasteiger partial charge in [0.2, 0.25) is 0 Å². The molecular formula is C10H10ClFN2O3. The van der Waals surface area contributed by atoms with E-state index in [-0.39, 0.29) is 30.2 Å². The average Bonchev–Trinajstić information content (AvgIpc) is 2.61. The lowest BCUT2D eigenvalue weighted by Gasteiger charge is -1.97. The molecule has 0 unspecified atom stereocenters. The SMILES string of the molecule is COCc1cn2cc(C(=O)O)cc(F)c2n1.Cl. The Labute approximate surface area is 102 Å². The molecule has 2 aromatic rings. The van der Waals surface area contributed by atoms with Gasteiger partial charge in [0.15, 0.2) is 11.5 Å². The molecule has 0 bridgehead atoms. The normalized spacial score (nSPS) is 10.2. The van der Waals surface area contributed by atoms with Gasteiger partial charge in [-0.2, -0.15) is 0 Å². The molecular weight excluding hydrogens is 251 g/mol. The molecule has 92 valence electrons. The van der Waals surface area contributed by atoms with Gasteiger partial charge in [-0.1, -0.05) is 0 Å². The van der Waals surface area contributed by atoms with E-state index in [4.69, 9.17) is 9.84 Å². The smallest absolute Gasteiger partial charge is 0.337 e. The van der Waals surface area contributed by atoms with Crippen molar-refractivity contribution in [3.8, 4) is 0 Å². The number of rotatable bonds is 3. The number of aromatic carboxylic acids is 1. The van der Waals surface area contributed by atoms with Crippen LogP contribution < -0.4 is 0 Å². The molecule has 0 atom stereocenters. The summed E-state index contributed by atoms with van der Waals surface area (Å²) < 4.78 is 19.7. The fraction of sp³-hybridized carbons (Fsp3) is 0.200. The number of ether oxygens (including phenoxy) is 1. The van der Waals surface area contributed by atoms with Gasteiger partial charge >= 0.3 is 5.97 Å². The number of imidazole rings is 1. The first-order valence-corrected chi connectivity index (χ1v) is 4.51. The molecule has 0 aliphatic carbocycles. The quantitative estimate of drug-likeness (QED) is 0.913. The van der Waals surface area contributed by atoms with Gasteiger partial charge in [0, 0.05) is 19.5 Å². The topological polar surface area (TPSA) is 63.8 Å². The highest BCUT2D eigenvalue weighted by Gasteiger charge is 2.11. The van der Waals surface area contributed by atoms with Crippen LogP contribution >= 0.6 is 12.4 Å². The van der Waals surface area contributed by atoms with Crippen LogP contribution in [0.2, 0.25) is 0 Å². The van der Waals surface area contributed by atoms with Crippen LogP contribution in [-0.2, 0) is 11.3 Å². The molecule has 0 aliphatic heterocycles. The Morgan fingerprint density at radius 1 is 1.59 bits per heavy atom. The van der Waals surface area contributed by atoms with Crippen molar-refractivity contribution in [1.82, 2.24) is 9.38 Å². The van der Waals surface area contributed by atoms with E-state index in [9.17, 15) is 9.18 Å². The molecule has 0 saturated carbocycles. The number of carbonyl (C=O) groups is 1. The lowest BCUT2D eigenvalue weighted by Crippen LogP contribution is -2.00. The van der Waals surface area contributed by atoms with Gasteiger partial charge in [-0.3, -0.25) is 0 Å². The first-order chi connectivity index (χ1) is 7.61. The number of fused-ring (bicyclic) bond motifs is 1. The molecule has 5 nitrogen and oxygen atoms in total. The lowest BCUT2D eigenvalue weighted by molar-refractivity contribution is 0.0696. The standard InChI is InChI=1S/C10H9FN2O3.ClH/c1-16-5-7-4-13-3-6(10(14)15)2-8(11)9(13)12-7;/h2-4H,5H2,1H3,(H,14,15);1H. The van der Waals surface area contributed by atoms with Crippen LogP contribution in [0.15, 0.2) is 18.5 Å². The number of carboxylic acid groups (broad SMARTS) is 1. The van der Waals surface area contributed by atoms with Crippen molar-refractivity contribution in [3.63, 3.8) is 0 Å². The number of halogens is 2. The minimum absolute atomic E-state index is 0. The second-order valence-electron chi connectivity index (χ2n) is 3.28. The maximum atomic E-state index is 13.5. The predicted molar refractivity (Wildman–Crippen MR) is 60.1 cm³/mol. The van der Waals surface area contributed by atoms with E-state index in [2.05, 4.69) is 4.98 Å². The highest BCUT2D eigenvalue weighted by molar-refractivity contribution is 5.87. The van der Waals surface area contributed by atoms with Gasteiger partial charge in [0.25, 0.3) is 0 Å². The summed E-state index contributed by atoms with van der Waals surface area (Å²) in [5.74, 6) is -1.84. The van der Waals surface area contributed by atoms with Crippen molar-refractivity contribution in [3.05, 3.63) is 35.5 Å². The van der Waals surface area contributed by atoms with Gasteiger partial charge < -0.3 is 14.2 Å². The number of hydrogen-bond donors (Lipinski definition) is 1. The van der Waals surface area contributed by atoms with E-state index in [1.807, 2.05) is 0 Å². The summed E-state index contributed by atoms with van der Waals surface area (Å²) in [5.41, 5.74) is 0.521. The third-order valence-electron chi connectivity index (χ3n) is 2.10. The highest BCUT2D eigenvalue weighted by Crippen LogP contribution is 2.13. The number of nitrogens with zero attached hydrogens (tertiary/aromatic N) is 2. The summed E-state index contributed by atoms with van der Waals surface area (Å²) in [5, 5.41) is 8.75. The van der Waals surface area contributed by atoms with E-state index in [1.54, 1.807) is 0 Å². The third kappa shape index (κ3) is 2.54.